The second-order valence-corrected chi connectivity index (χ2v) is 4.31. The first-order valence-corrected chi connectivity index (χ1v) is 5.77. The van der Waals surface area contributed by atoms with Crippen molar-refractivity contribution >= 4 is 11.9 Å². The van der Waals surface area contributed by atoms with Crippen LogP contribution in [0.25, 0.3) is 0 Å². The summed E-state index contributed by atoms with van der Waals surface area (Å²) in [7, 11) is 1.78. The van der Waals surface area contributed by atoms with Crippen LogP contribution in [0, 0.1) is 0 Å². The molecule has 0 heterocycles. The molecular weight excluding hydrogens is 220 g/mol. The third kappa shape index (κ3) is 7.52. The zero-order chi connectivity index (χ0) is 13.4. The van der Waals surface area contributed by atoms with Crippen LogP contribution in [0.2, 0.25) is 0 Å². The van der Waals surface area contributed by atoms with Crippen LogP contribution >= 0.6 is 0 Å². The smallest absolute Gasteiger partial charge is 0.331 e. The first kappa shape index (κ1) is 15.6. The van der Waals surface area contributed by atoms with E-state index >= 15 is 0 Å². The molecule has 0 saturated carbocycles. The van der Waals surface area contributed by atoms with Crippen LogP contribution in [0.1, 0.15) is 27.2 Å². The van der Waals surface area contributed by atoms with Gasteiger partial charge >= 0.3 is 5.97 Å². The average Bonchev–Trinajstić information content (AvgIpc) is 2.16. The molecule has 0 saturated heterocycles. The number of amides is 1. The highest BCUT2D eigenvalue weighted by molar-refractivity contribution is 5.86. The fourth-order valence-corrected chi connectivity index (χ4v) is 1.33. The van der Waals surface area contributed by atoms with Crippen molar-refractivity contribution in [3.63, 3.8) is 0 Å². The lowest BCUT2D eigenvalue weighted by Gasteiger charge is -2.15. The van der Waals surface area contributed by atoms with E-state index in [1.54, 1.807) is 24.9 Å². The summed E-state index contributed by atoms with van der Waals surface area (Å²) in [5.41, 5.74) is 0.376. The minimum absolute atomic E-state index is 0.0516. The minimum atomic E-state index is -0.896. The van der Waals surface area contributed by atoms with Gasteiger partial charge in [-0.15, -0.1) is 0 Å². The monoisotopic (exact) mass is 242 g/mol. The molecule has 0 bridgehead atoms. The largest absolute Gasteiger partial charge is 0.478 e. The van der Waals surface area contributed by atoms with E-state index in [4.69, 9.17) is 5.11 Å². The number of carboxylic acids is 1. The number of carboxylic acid groups (broad SMARTS) is 1. The van der Waals surface area contributed by atoms with Gasteiger partial charge in [0.15, 0.2) is 0 Å². The fourth-order valence-electron chi connectivity index (χ4n) is 1.33. The van der Waals surface area contributed by atoms with Crippen molar-refractivity contribution in [2.45, 2.75) is 33.2 Å². The lowest BCUT2D eigenvalue weighted by molar-refractivity contribution is -0.132. The highest BCUT2D eigenvalue weighted by Crippen LogP contribution is 2.00. The van der Waals surface area contributed by atoms with Crippen molar-refractivity contribution in [1.29, 1.82) is 0 Å². The Morgan fingerprint density at radius 3 is 2.41 bits per heavy atom. The van der Waals surface area contributed by atoms with Crippen molar-refractivity contribution in [2.24, 2.45) is 0 Å². The Labute approximate surface area is 102 Å². The molecule has 0 spiro atoms. The predicted octanol–water partition coefficient (Wildman–Crippen LogP) is 0.864. The van der Waals surface area contributed by atoms with E-state index in [0.717, 1.165) is 0 Å². The second kappa shape index (κ2) is 7.84. The molecular formula is C12H22N2O3. The molecule has 0 fully saturated rings. The van der Waals surface area contributed by atoms with Crippen molar-refractivity contribution in [2.75, 3.05) is 20.1 Å². The number of hydrogen-bond acceptors (Lipinski definition) is 3. The van der Waals surface area contributed by atoms with Crippen molar-refractivity contribution in [3.8, 4) is 0 Å². The lowest BCUT2D eigenvalue weighted by Crippen LogP contribution is -2.38. The third-order valence-corrected chi connectivity index (χ3v) is 2.17. The summed E-state index contributed by atoms with van der Waals surface area (Å²) in [6.45, 7) is 6.33. The van der Waals surface area contributed by atoms with Gasteiger partial charge in [-0.3, -0.25) is 9.69 Å². The van der Waals surface area contributed by atoms with E-state index in [9.17, 15) is 9.59 Å². The molecule has 0 radical (unpaired) electrons. The number of nitrogens with one attached hydrogen (secondary N) is 1. The van der Waals surface area contributed by atoms with Gasteiger partial charge in [0.25, 0.3) is 0 Å². The summed E-state index contributed by atoms with van der Waals surface area (Å²) in [4.78, 5) is 23.9. The summed E-state index contributed by atoms with van der Waals surface area (Å²) < 4.78 is 0. The molecule has 1 amide bonds. The van der Waals surface area contributed by atoms with E-state index < -0.39 is 5.97 Å². The van der Waals surface area contributed by atoms with Crippen LogP contribution in [0.5, 0.6) is 0 Å². The van der Waals surface area contributed by atoms with Crippen molar-refractivity contribution in [1.82, 2.24) is 10.2 Å². The van der Waals surface area contributed by atoms with Crippen LogP contribution in [-0.4, -0.2) is 48.1 Å². The predicted molar refractivity (Wildman–Crippen MR) is 66.8 cm³/mol. The maximum absolute atomic E-state index is 11.4. The van der Waals surface area contributed by atoms with Gasteiger partial charge in [-0.25, -0.2) is 4.79 Å². The van der Waals surface area contributed by atoms with Crippen LogP contribution < -0.4 is 5.32 Å². The molecule has 0 unspecified atom stereocenters. The maximum Gasteiger partial charge on any atom is 0.331 e. The van der Waals surface area contributed by atoms with Gasteiger partial charge in [-0.05, 0) is 27.3 Å². The Morgan fingerprint density at radius 2 is 2.00 bits per heavy atom. The van der Waals surface area contributed by atoms with E-state index in [1.165, 1.54) is 0 Å². The highest BCUT2D eigenvalue weighted by atomic mass is 16.4. The SMILES string of the molecule is CCC(=CCN(C)CC(=O)NC(C)C)C(=O)O. The standard InChI is InChI=1S/C12H22N2O3/c1-5-10(12(16)17)6-7-14(4)8-11(15)13-9(2)3/h6,9H,5,7-8H2,1-4H3,(H,13,15)(H,16,17). The zero-order valence-corrected chi connectivity index (χ0v) is 11.0. The Hall–Kier alpha value is -1.36. The number of aliphatic carboxylic acids is 1. The summed E-state index contributed by atoms with van der Waals surface area (Å²) in [5.74, 6) is -0.947. The number of hydrogen-bond donors (Lipinski definition) is 2. The topological polar surface area (TPSA) is 69.6 Å². The summed E-state index contributed by atoms with van der Waals surface area (Å²) in [5, 5.41) is 11.6. The Morgan fingerprint density at radius 1 is 1.41 bits per heavy atom. The van der Waals surface area contributed by atoms with Gasteiger partial charge < -0.3 is 10.4 Å². The normalized spacial score (nSPS) is 12.0. The van der Waals surface area contributed by atoms with Crippen LogP contribution in [0.3, 0.4) is 0 Å². The number of carbonyl (C=O) groups excluding carboxylic acids is 1. The number of nitrogens with zero attached hydrogens (tertiary/aromatic N) is 1. The van der Waals surface area contributed by atoms with Gasteiger partial charge in [0.2, 0.25) is 5.91 Å². The van der Waals surface area contributed by atoms with Crippen LogP contribution in [-0.2, 0) is 9.59 Å². The van der Waals surface area contributed by atoms with E-state index in [1.807, 2.05) is 13.8 Å². The highest BCUT2D eigenvalue weighted by Gasteiger charge is 2.08. The quantitative estimate of drug-likeness (QED) is 0.650. The number of likely N-dealkylation sites (N-methyl/N-ethyl adjacent to an activating group) is 1. The third-order valence-electron chi connectivity index (χ3n) is 2.17. The van der Waals surface area contributed by atoms with Gasteiger partial charge in [0.1, 0.15) is 0 Å². The Kier molecular flexibility index (Phi) is 7.21. The van der Waals surface area contributed by atoms with E-state index in [2.05, 4.69) is 5.32 Å². The molecule has 0 atom stereocenters. The maximum atomic E-state index is 11.4. The second-order valence-electron chi connectivity index (χ2n) is 4.31. The number of rotatable bonds is 7. The van der Waals surface area contributed by atoms with Crippen LogP contribution in [0.15, 0.2) is 11.6 Å². The summed E-state index contributed by atoms with van der Waals surface area (Å²) in [6, 6.07) is 0.122. The van der Waals surface area contributed by atoms with Gasteiger partial charge in [-0.1, -0.05) is 13.0 Å². The number of carbonyl (C=O) groups is 2. The molecule has 0 aromatic carbocycles. The first-order chi connectivity index (χ1) is 7.86. The van der Waals surface area contributed by atoms with Gasteiger partial charge in [0.05, 0.1) is 6.54 Å². The van der Waals surface area contributed by atoms with E-state index in [0.29, 0.717) is 18.5 Å². The molecule has 0 aromatic rings. The molecule has 0 aromatic heterocycles. The summed E-state index contributed by atoms with van der Waals surface area (Å²) in [6.07, 6.45) is 2.13. The summed E-state index contributed by atoms with van der Waals surface area (Å²) >= 11 is 0. The van der Waals surface area contributed by atoms with E-state index in [-0.39, 0.29) is 18.5 Å². The average molecular weight is 242 g/mol. The zero-order valence-electron chi connectivity index (χ0n) is 11.0. The van der Waals surface area contributed by atoms with Gasteiger partial charge in [0, 0.05) is 18.2 Å². The molecule has 0 rings (SSSR count). The fraction of sp³-hybridized carbons (Fsp3) is 0.667. The molecule has 0 aliphatic rings. The molecule has 0 aliphatic heterocycles. The minimum Gasteiger partial charge on any atom is -0.478 e. The Bertz CT molecular complexity index is 298. The first-order valence-electron chi connectivity index (χ1n) is 5.77. The molecule has 0 aliphatic carbocycles. The lowest BCUT2D eigenvalue weighted by atomic mass is 10.2. The molecule has 5 nitrogen and oxygen atoms in total. The molecule has 2 N–H and O–H groups in total. The molecule has 5 heteroatoms. The molecule has 98 valence electrons. The van der Waals surface area contributed by atoms with Crippen LogP contribution in [0.4, 0.5) is 0 Å². The Balaban J connectivity index is 4.13. The van der Waals surface area contributed by atoms with Gasteiger partial charge in [-0.2, -0.15) is 0 Å². The van der Waals surface area contributed by atoms with Crippen molar-refractivity contribution < 1.29 is 14.7 Å². The van der Waals surface area contributed by atoms with Crippen molar-refractivity contribution in [3.05, 3.63) is 11.6 Å². The molecule has 17 heavy (non-hydrogen) atoms.